The lowest BCUT2D eigenvalue weighted by Gasteiger charge is -2.36. The Morgan fingerprint density at radius 2 is 1.95 bits per heavy atom. The zero-order chi connectivity index (χ0) is 26.3. The number of carbonyl (C=O) groups is 1. The number of rotatable bonds is 10. The molecule has 8 nitrogen and oxygen atoms in total. The molecule has 0 saturated carbocycles. The number of ether oxygens (including phenoxy) is 1. The van der Waals surface area contributed by atoms with E-state index >= 15 is 0 Å². The van der Waals surface area contributed by atoms with E-state index in [9.17, 15) is 9.59 Å². The number of para-hydroxylation sites is 1. The molecule has 2 saturated heterocycles. The van der Waals surface area contributed by atoms with Crippen LogP contribution in [-0.4, -0.2) is 78.1 Å². The highest BCUT2D eigenvalue weighted by molar-refractivity contribution is 7.99. The summed E-state index contributed by atoms with van der Waals surface area (Å²) in [5, 5.41) is 4.91. The van der Waals surface area contributed by atoms with Crippen LogP contribution in [0.5, 0.6) is 0 Å². The van der Waals surface area contributed by atoms with Crippen LogP contribution in [-0.2, 0) is 16.1 Å². The van der Waals surface area contributed by atoms with Gasteiger partial charge in [-0.05, 0) is 56.1 Å². The molecular formula is C28H34ClN5O3S. The van der Waals surface area contributed by atoms with Gasteiger partial charge in [-0.3, -0.25) is 19.1 Å². The molecule has 1 amide bonds. The third-order valence-electron chi connectivity index (χ3n) is 7.11. The molecule has 5 rings (SSSR count). The summed E-state index contributed by atoms with van der Waals surface area (Å²) in [7, 11) is 0. The Hall–Kier alpha value is -2.59. The minimum atomic E-state index is -0.0722. The first kappa shape index (κ1) is 27.0. The molecule has 2 aromatic carbocycles. The summed E-state index contributed by atoms with van der Waals surface area (Å²) in [6.07, 6.45) is 2.96. The standard InChI is InChI=1S/C28H34ClN5O3S/c29-21-6-3-7-22(18-21)33-15-13-32(14-16-33)11-5-12-34-27(36)24-9-1-2-10-25(24)31-28(34)38-20-26(35)30-19-23-8-4-17-37-23/h1-3,6-7,9-10,18,23H,4-5,8,11-17,19-20H2,(H,30,35)/t23-/m0/s1. The molecule has 10 heteroatoms. The largest absolute Gasteiger partial charge is 0.376 e. The number of thioether (sulfide) groups is 1. The quantitative estimate of drug-likeness (QED) is 0.302. The van der Waals surface area contributed by atoms with Gasteiger partial charge in [0, 0.05) is 56.6 Å². The van der Waals surface area contributed by atoms with Crippen molar-refractivity contribution in [2.24, 2.45) is 0 Å². The number of fused-ring (bicyclic) bond motifs is 1. The Kier molecular flexibility index (Phi) is 9.22. The van der Waals surface area contributed by atoms with Gasteiger partial charge in [-0.1, -0.05) is 41.6 Å². The van der Waals surface area contributed by atoms with Gasteiger partial charge in [0.25, 0.3) is 5.56 Å². The van der Waals surface area contributed by atoms with Crippen molar-refractivity contribution >= 4 is 45.9 Å². The van der Waals surface area contributed by atoms with Crippen LogP contribution in [0.25, 0.3) is 10.9 Å². The second-order valence-corrected chi connectivity index (χ2v) is 11.1. The molecule has 2 fully saturated rings. The molecule has 3 aromatic rings. The summed E-state index contributed by atoms with van der Waals surface area (Å²) in [5.41, 5.74) is 1.77. The van der Waals surface area contributed by atoms with E-state index in [0.717, 1.165) is 69.3 Å². The van der Waals surface area contributed by atoms with Crippen molar-refractivity contribution in [1.82, 2.24) is 19.8 Å². The number of nitrogens with zero attached hydrogens (tertiary/aromatic N) is 4. The molecule has 3 heterocycles. The van der Waals surface area contributed by atoms with Crippen LogP contribution in [0.4, 0.5) is 5.69 Å². The molecule has 38 heavy (non-hydrogen) atoms. The second kappa shape index (κ2) is 13.0. The van der Waals surface area contributed by atoms with Crippen LogP contribution in [0.1, 0.15) is 19.3 Å². The van der Waals surface area contributed by atoms with Crippen molar-refractivity contribution in [3.8, 4) is 0 Å². The topological polar surface area (TPSA) is 79.7 Å². The van der Waals surface area contributed by atoms with Crippen LogP contribution in [0.2, 0.25) is 5.02 Å². The summed E-state index contributed by atoms with van der Waals surface area (Å²) >= 11 is 7.48. The number of benzene rings is 2. The lowest BCUT2D eigenvalue weighted by molar-refractivity contribution is -0.119. The predicted molar refractivity (Wildman–Crippen MR) is 153 cm³/mol. The molecule has 1 N–H and O–H groups in total. The number of piperazine rings is 1. The number of aromatic nitrogens is 2. The minimum Gasteiger partial charge on any atom is -0.376 e. The summed E-state index contributed by atoms with van der Waals surface area (Å²) < 4.78 is 7.32. The van der Waals surface area contributed by atoms with Gasteiger partial charge in [0.05, 0.1) is 22.8 Å². The molecule has 0 bridgehead atoms. The van der Waals surface area contributed by atoms with Crippen molar-refractivity contribution in [2.45, 2.75) is 37.1 Å². The van der Waals surface area contributed by atoms with Crippen molar-refractivity contribution in [1.29, 1.82) is 0 Å². The lowest BCUT2D eigenvalue weighted by atomic mass is 10.2. The highest BCUT2D eigenvalue weighted by atomic mass is 35.5. The maximum atomic E-state index is 13.4. The third kappa shape index (κ3) is 6.88. The molecule has 0 radical (unpaired) electrons. The molecule has 0 unspecified atom stereocenters. The Labute approximate surface area is 232 Å². The van der Waals surface area contributed by atoms with E-state index in [0.29, 0.717) is 29.1 Å². The molecule has 1 atom stereocenters. The summed E-state index contributed by atoms with van der Waals surface area (Å²) in [6.45, 7) is 6.56. The van der Waals surface area contributed by atoms with Gasteiger partial charge in [-0.15, -0.1) is 0 Å². The summed E-state index contributed by atoms with van der Waals surface area (Å²) in [4.78, 5) is 35.4. The van der Waals surface area contributed by atoms with Gasteiger partial charge in [0.15, 0.2) is 5.16 Å². The Balaban J connectivity index is 1.18. The van der Waals surface area contributed by atoms with Crippen molar-refractivity contribution < 1.29 is 9.53 Å². The number of nitrogens with one attached hydrogen (secondary N) is 1. The summed E-state index contributed by atoms with van der Waals surface area (Å²) in [6, 6.07) is 15.4. The molecule has 1 aromatic heterocycles. The van der Waals surface area contributed by atoms with Crippen LogP contribution in [0.3, 0.4) is 0 Å². The van der Waals surface area contributed by atoms with Crippen LogP contribution >= 0.6 is 23.4 Å². The van der Waals surface area contributed by atoms with E-state index in [1.807, 2.05) is 42.5 Å². The number of anilines is 1. The SMILES string of the molecule is O=C(CSc1nc2ccccc2c(=O)n1CCCN1CCN(c2cccc(Cl)c2)CC1)NC[C@@H]1CCCO1. The maximum Gasteiger partial charge on any atom is 0.262 e. The first-order valence-corrected chi connectivity index (χ1v) is 14.7. The summed E-state index contributed by atoms with van der Waals surface area (Å²) in [5.74, 6) is 0.139. The number of hydrogen-bond donors (Lipinski definition) is 1. The predicted octanol–water partition coefficient (Wildman–Crippen LogP) is 3.65. The molecule has 2 aliphatic rings. The van der Waals surface area contributed by atoms with Gasteiger partial charge in [0.1, 0.15) is 0 Å². The number of halogens is 1. The van der Waals surface area contributed by atoms with Gasteiger partial charge in [-0.25, -0.2) is 4.98 Å². The average molecular weight is 556 g/mol. The Morgan fingerprint density at radius 1 is 1.11 bits per heavy atom. The van der Waals surface area contributed by atoms with Crippen LogP contribution in [0, 0.1) is 0 Å². The molecule has 0 spiro atoms. The normalized spacial score (nSPS) is 18.2. The van der Waals surface area contributed by atoms with Crippen LogP contribution in [0.15, 0.2) is 58.5 Å². The molecule has 2 aliphatic heterocycles. The van der Waals surface area contributed by atoms with Gasteiger partial charge in [-0.2, -0.15) is 0 Å². The molecular weight excluding hydrogens is 522 g/mol. The molecule has 0 aliphatic carbocycles. The van der Waals surface area contributed by atoms with E-state index in [-0.39, 0.29) is 23.3 Å². The fourth-order valence-corrected chi connectivity index (χ4v) is 6.06. The maximum absolute atomic E-state index is 13.4. The smallest absolute Gasteiger partial charge is 0.262 e. The zero-order valence-electron chi connectivity index (χ0n) is 21.5. The second-order valence-electron chi connectivity index (χ2n) is 9.76. The number of carbonyl (C=O) groups excluding carboxylic acids is 1. The minimum absolute atomic E-state index is 0.0522. The van der Waals surface area contributed by atoms with E-state index in [1.54, 1.807) is 4.57 Å². The highest BCUT2D eigenvalue weighted by Gasteiger charge is 2.19. The van der Waals surface area contributed by atoms with Crippen molar-refractivity contribution in [3.63, 3.8) is 0 Å². The zero-order valence-corrected chi connectivity index (χ0v) is 23.1. The Morgan fingerprint density at radius 3 is 2.74 bits per heavy atom. The number of hydrogen-bond acceptors (Lipinski definition) is 7. The first-order valence-electron chi connectivity index (χ1n) is 13.3. The highest BCUT2D eigenvalue weighted by Crippen LogP contribution is 2.21. The van der Waals surface area contributed by atoms with Crippen molar-refractivity contribution in [2.75, 3.05) is 56.5 Å². The van der Waals surface area contributed by atoms with Gasteiger partial charge >= 0.3 is 0 Å². The third-order valence-corrected chi connectivity index (χ3v) is 8.32. The lowest BCUT2D eigenvalue weighted by Crippen LogP contribution is -2.46. The van der Waals surface area contributed by atoms with Gasteiger partial charge in [0.2, 0.25) is 5.91 Å². The van der Waals surface area contributed by atoms with Crippen LogP contribution < -0.4 is 15.8 Å². The van der Waals surface area contributed by atoms with E-state index in [1.165, 1.54) is 11.8 Å². The van der Waals surface area contributed by atoms with E-state index in [2.05, 4.69) is 21.2 Å². The molecule has 202 valence electrons. The first-order chi connectivity index (χ1) is 18.6. The van der Waals surface area contributed by atoms with Crippen molar-refractivity contribution in [3.05, 3.63) is 63.9 Å². The average Bonchev–Trinajstić information content (AvgIpc) is 3.46. The Bertz CT molecular complexity index is 1310. The van der Waals surface area contributed by atoms with E-state index < -0.39 is 0 Å². The van der Waals surface area contributed by atoms with Gasteiger partial charge < -0.3 is 15.0 Å². The fraction of sp³-hybridized carbons (Fsp3) is 0.464. The number of amides is 1. The monoisotopic (exact) mass is 555 g/mol. The fourth-order valence-electron chi connectivity index (χ4n) is 5.02. The van der Waals surface area contributed by atoms with E-state index in [4.69, 9.17) is 21.3 Å².